The minimum absolute atomic E-state index is 0.00694. The lowest BCUT2D eigenvalue weighted by Crippen LogP contribution is -2.33. The maximum absolute atomic E-state index is 12.7. The SMILES string of the molecule is O=C(Nc1ccc([C@H]2CNCCO2)cc1)C1=NN(c2ccc(C(F)(F)F)cn2)CC1. The Morgan fingerprint density at radius 2 is 2.00 bits per heavy atom. The third kappa shape index (κ3) is 4.60. The molecule has 1 atom stereocenters. The molecule has 0 radical (unpaired) electrons. The van der Waals surface area contributed by atoms with Gasteiger partial charge in [-0.2, -0.15) is 18.3 Å². The van der Waals surface area contributed by atoms with Crippen LogP contribution in [0, 0.1) is 0 Å². The van der Waals surface area contributed by atoms with Gasteiger partial charge in [0, 0.05) is 37.9 Å². The molecule has 4 rings (SSSR count). The normalized spacial score (nSPS) is 19.5. The van der Waals surface area contributed by atoms with Crippen LogP contribution in [0.4, 0.5) is 24.7 Å². The zero-order valence-electron chi connectivity index (χ0n) is 15.9. The summed E-state index contributed by atoms with van der Waals surface area (Å²) < 4.78 is 43.7. The highest BCUT2D eigenvalue weighted by atomic mass is 19.4. The number of alkyl halides is 3. The van der Waals surface area contributed by atoms with Crippen molar-refractivity contribution in [2.75, 3.05) is 36.6 Å². The Kier molecular flexibility index (Phi) is 5.69. The van der Waals surface area contributed by atoms with Gasteiger partial charge in [-0.3, -0.25) is 4.79 Å². The number of ether oxygens (including phenoxy) is 1. The third-order valence-electron chi connectivity index (χ3n) is 4.87. The van der Waals surface area contributed by atoms with Crippen molar-refractivity contribution < 1.29 is 22.7 Å². The van der Waals surface area contributed by atoms with Gasteiger partial charge in [0.05, 0.1) is 18.3 Å². The molecule has 10 heteroatoms. The molecule has 0 unspecified atom stereocenters. The van der Waals surface area contributed by atoms with Crippen LogP contribution in [-0.4, -0.2) is 42.8 Å². The van der Waals surface area contributed by atoms with Crippen LogP contribution in [0.5, 0.6) is 0 Å². The van der Waals surface area contributed by atoms with Gasteiger partial charge in [-0.05, 0) is 29.8 Å². The maximum Gasteiger partial charge on any atom is 0.417 e. The first-order chi connectivity index (χ1) is 14.4. The van der Waals surface area contributed by atoms with Crippen molar-refractivity contribution in [3.63, 3.8) is 0 Å². The van der Waals surface area contributed by atoms with Gasteiger partial charge in [-0.1, -0.05) is 12.1 Å². The van der Waals surface area contributed by atoms with Crippen molar-refractivity contribution in [2.24, 2.45) is 5.10 Å². The van der Waals surface area contributed by atoms with Crippen molar-refractivity contribution >= 4 is 23.1 Å². The van der Waals surface area contributed by atoms with Gasteiger partial charge in [0.25, 0.3) is 5.91 Å². The Labute approximate surface area is 170 Å². The number of benzene rings is 1. The first-order valence-corrected chi connectivity index (χ1v) is 9.52. The van der Waals surface area contributed by atoms with E-state index in [1.54, 1.807) is 12.1 Å². The summed E-state index contributed by atoms with van der Waals surface area (Å²) in [5.41, 5.74) is 1.12. The lowest BCUT2D eigenvalue weighted by Gasteiger charge is -2.24. The van der Waals surface area contributed by atoms with Crippen LogP contribution in [-0.2, 0) is 15.7 Å². The Morgan fingerprint density at radius 3 is 2.63 bits per heavy atom. The van der Waals surface area contributed by atoms with Crippen LogP contribution in [0.2, 0.25) is 0 Å². The van der Waals surface area contributed by atoms with E-state index in [2.05, 4.69) is 20.7 Å². The number of aromatic nitrogens is 1. The minimum atomic E-state index is -4.44. The van der Waals surface area contributed by atoms with E-state index in [9.17, 15) is 18.0 Å². The third-order valence-corrected chi connectivity index (χ3v) is 4.87. The van der Waals surface area contributed by atoms with Crippen molar-refractivity contribution in [1.29, 1.82) is 0 Å². The van der Waals surface area contributed by atoms with E-state index in [0.717, 1.165) is 30.9 Å². The van der Waals surface area contributed by atoms with Crippen LogP contribution < -0.4 is 15.6 Å². The molecular formula is C20H20F3N5O2. The van der Waals surface area contributed by atoms with E-state index in [1.807, 2.05) is 12.1 Å². The fourth-order valence-electron chi connectivity index (χ4n) is 3.25. The molecule has 0 aliphatic carbocycles. The average molecular weight is 419 g/mol. The van der Waals surface area contributed by atoms with Crippen molar-refractivity contribution in [1.82, 2.24) is 10.3 Å². The number of anilines is 2. The van der Waals surface area contributed by atoms with E-state index in [4.69, 9.17) is 4.74 Å². The van der Waals surface area contributed by atoms with Crippen molar-refractivity contribution in [3.05, 3.63) is 53.7 Å². The van der Waals surface area contributed by atoms with Crippen molar-refractivity contribution in [3.8, 4) is 0 Å². The molecular weight excluding hydrogens is 399 g/mol. The number of nitrogens with zero attached hydrogens (tertiary/aromatic N) is 3. The van der Waals surface area contributed by atoms with E-state index in [0.29, 0.717) is 31.0 Å². The van der Waals surface area contributed by atoms with E-state index in [-0.39, 0.29) is 17.8 Å². The number of hydrogen-bond acceptors (Lipinski definition) is 6. The van der Waals surface area contributed by atoms with Crippen LogP contribution in [0.15, 0.2) is 47.7 Å². The zero-order valence-corrected chi connectivity index (χ0v) is 15.9. The first kappa shape index (κ1) is 20.3. The molecule has 30 heavy (non-hydrogen) atoms. The summed E-state index contributed by atoms with van der Waals surface area (Å²) in [5.74, 6) is -0.0935. The number of carbonyl (C=O) groups excluding carboxylic acids is 1. The summed E-state index contributed by atoms with van der Waals surface area (Å²) in [6.07, 6.45) is -3.32. The van der Waals surface area contributed by atoms with Gasteiger partial charge >= 0.3 is 6.18 Å². The highest BCUT2D eigenvalue weighted by Gasteiger charge is 2.31. The van der Waals surface area contributed by atoms with E-state index < -0.39 is 11.7 Å². The molecule has 0 spiro atoms. The van der Waals surface area contributed by atoms with Gasteiger partial charge in [-0.15, -0.1) is 0 Å². The molecule has 2 aromatic rings. The lowest BCUT2D eigenvalue weighted by molar-refractivity contribution is -0.137. The van der Waals surface area contributed by atoms with E-state index >= 15 is 0 Å². The van der Waals surface area contributed by atoms with Crippen molar-refractivity contribution in [2.45, 2.75) is 18.7 Å². The number of hydrazone groups is 1. The Balaban J connectivity index is 1.38. The standard InChI is InChI=1S/C20H20F3N5O2/c21-20(22,23)14-3-6-18(25-11-14)28-9-7-16(27-28)19(29)26-15-4-1-13(2-5-15)17-12-24-8-10-30-17/h1-6,11,17,24H,7-10,12H2,(H,26,29)/t17-/m1/s1. The molecule has 7 nitrogen and oxygen atoms in total. The second-order valence-corrected chi connectivity index (χ2v) is 6.96. The molecule has 0 saturated carbocycles. The number of pyridine rings is 1. The Hall–Kier alpha value is -2.98. The predicted octanol–water partition coefficient (Wildman–Crippen LogP) is 2.97. The highest BCUT2D eigenvalue weighted by molar-refractivity contribution is 6.43. The number of carbonyl (C=O) groups is 1. The fraction of sp³-hybridized carbons (Fsp3) is 0.350. The fourth-order valence-corrected chi connectivity index (χ4v) is 3.25. The highest BCUT2D eigenvalue weighted by Crippen LogP contribution is 2.30. The van der Waals surface area contributed by atoms with E-state index in [1.165, 1.54) is 11.1 Å². The number of amides is 1. The molecule has 1 aromatic carbocycles. The van der Waals surface area contributed by atoms with Gasteiger partial charge in [0.1, 0.15) is 11.5 Å². The molecule has 0 bridgehead atoms. The lowest BCUT2D eigenvalue weighted by atomic mass is 10.1. The molecule has 2 N–H and O–H groups in total. The summed E-state index contributed by atoms with van der Waals surface area (Å²) >= 11 is 0. The topological polar surface area (TPSA) is 78.8 Å². The van der Waals surface area contributed by atoms with Crippen LogP contribution in [0.3, 0.4) is 0 Å². The number of halogens is 3. The molecule has 1 fully saturated rings. The maximum atomic E-state index is 12.7. The summed E-state index contributed by atoms with van der Waals surface area (Å²) in [7, 11) is 0. The van der Waals surface area contributed by atoms with Gasteiger partial charge < -0.3 is 15.4 Å². The number of hydrogen-bond donors (Lipinski definition) is 2. The predicted molar refractivity (Wildman–Crippen MR) is 105 cm³/mol. The van der Waals surface area contributed by atoms with Gasteiger partial charge in [0.15, 0.2) is 0 Å². The monoisotopic (exact) mass is 419 g/mol. The number of morpholine rings is 1. The molecule has 1 aromatic heterocycles. The second-order valence-electron chi connectivity index (χ2n) is 6.96. The summed E-state index contributed by atoms with van der Waals surface area (Å²) in [6, 6.07) is 9.60. The molecule has 2 aliphatic rings. The smallest absolute Gasteiger partial charge is 0.371 e. The Bertz CT molecular complexity index is 923. The first-order valence-electron chi connectivity index (χ1n) is 9.52. The van der Waals surface area contributed by atoms with Gasteiger partial charge in [-0.25, -0.2) is 9.99 Å². The quantitative estimate of drug-likeness (QED) is 0.797. The molecule has 2 aliphatic heterocycles. The molecule has 158 valence electrons. The summed E-state index contributed by atoms with van der Waals surface area (Å²) in [6.45, 7) is 2.61. The minimum Gasteiger partial charge on any atom is -0.371 e. The summed E-state index contributed by atoms with van der Waals surface area (Å²) in [5, 5.41) is 11.7. The largest absolute Gasteiger partial charge is 0.417 e. The molecule has 3 heterocycles. The zero-order chi connectivity index (χ0) is 21.1. The second kappa shape index (κ2) is 8.41. The van der Waals surface area contributed by atoms with Crippen LogP contribution in [0.1, 0.15) is 23.7 Å². The van der Waals surface area contributed by atoms with Crippen LogP contribution >= 0.6 is 0 Å². The number of nitrogens with one attached hydrogen (secondary N) is 2. The van der Waals surface area contributed by atoms with Gasteiger partial charge in [0.2, 0.25) is 0 Å². The average Bonchev–Trinajstić information content (AvgIpc) is 3.25. The summed E-state index contributed by atoms with van der Waals surface area (Å²) in [4.78, 5) is 16.3. The Morgan fingerprint density at radius 1 is 1.20 bits per heavy atom. The molecule has 1 amide bonds. The number of rotatable bonds is 4. The molecule has 1 saturated heterocycles. The van der Waals surface area contributed by atoms with Crippen LogP contribution in [0.25, 0.3) is 0 Å².